The normalized spacial score (nSPS) is 15.7. The number of aromatic nitrogens is 3. The Morgan fingerprint density at radius 1 is 1.15 bits per heavy atom. The molecule has 0 unspecified atom stereocenters. The monoisotopic (exact) mass is 484 g/mol. The summed E-state index contributed by atoms with van der Waals surface area (Å²) in [4.78, 5) is 11.2. The van der Waals surface area contributed by atoms with Crippen LogP contribution in [0.3, 0.4) is 0 Å². The molecule has 1 aliphatic heterocycles. The van der Waals surface area contributed by atoms with E-state index in [4.69, 9.17) is 9.26 Å². The van der Waals surface area contributed by atoms with Crippen LogP contribution < -0.4 is 4.74 Å². The van der Waals surface area contributed by atoms with Crippen molar-refractivity contribution < 1.29 is 17.7 Å². The summed E-state index contributed by atoms with van der Waals surface area (Å²) in [6, 6.07) is 7.65. The molecule has 1 aromatic carbocycles. The first-order valence-electron chi connectivity index (χ1n) is 11.6. The highest BCUT2D eigenvalue weighted by Gasteiger charge is 2.26. The summed E-state index contributed by atoms with van der Waals surface area (Å²) in [5, 5.41) is 3.98. The lowest BCUT2D eigenvalue weighted by Gasteiger charge is -2.34. The predicted octanol–water partition coefficient (Wildman–Crippen LogP) is 4.25. The number of hydrogen-bond acceptors (Lipinski definition) is 8. The third-order valence-corrected chi connectivity index (χ3v) is 7.81. The first-order chi connectivity index (χ1) is 16.1. The Kier molecular flexibility index (Phi) is 6.78. The van der Waals surface area contributed by atoms with Crippen molar-refractivity contribution in [1.82, 2.24) is 20.0 Å². The molecule has 0 fully saturated rings. The second kappa shape index (κ2) is 9.46. The van der Waals surface area contributed by atoms with Crippen LogP contribution in [-0.2, 0) is 34.0 Å². The summed E-state index contributed by atoms with van der Waals surface area (Å²) < 4.78 is 37.0. The fourth-order valence-corrected chi connectivity index (χ4v) is 5.34. The largest absolute Gasteiger partial charge is 0.464 e. The van der Waals surface area contributed by atoms with Crippen molar-refractivity contribution in [2.24, 2.45) is 0 Å². The van der Waals surface area contributed by atoms with Crippen LogP contribution in [0, 0.1) is 0 Å². The summed E-state index contributed by atoms with van der Waals surface area (Å²) in [6.07, 6.45) is 4.45. The number of nitrogens with zero attached hydrogens (tertiary/aromatic N) is 4. The molecule has 3 aromatic rings. The molecule has 0 saturated heterocycles. The summed E-state index contributed by atoms with van der Waals surface area (Å²) >= 11 is 0. The smallest absolute Gasteiger partial charge is 0.316 e. The number of rotatable bonds is 7. The molecule has 0 aliphatic carbocycles. The standard InChI is InChI=1S/C25H32N4O4S/c1-6-32-24-26-13-20(14-27-24)17(2)29-10-9-18-7-8-22(11-19(18)15-29)34(30,31)16-21-12-23(33-28-21)25(3,4)5/h7-8,11-14,17H,6,9-10,15-16H2,1-5H3/t17-/m1/s1. The van der Waals surface area contributed by atoms with E-state index in [0.29, 0.717) is 35.5 Å². The van der Waals surface area contributed by atoms with Crippen molar-refractivity contribution in [3.8, 4) is 6.01 Å². The number of hydrogen-bond donors (Lipinski definition) is 0. The van der Waals surface area contributed by atoms with Gasteiger partial charge in [0.1, 0.15) is 11.5 Å². The Morgan fingerprint density at radius 2 is 1.88 bits per heavy atom. The van der Waals surface area contributed by atoms with Gasteiger partial charge >= 0.3 is 6.01 Å². The number of fused-ring (bicyclic) bond motifs is 1. The number of ether oxygens (including phenoxy) is 1. The molecule has 3 heterocycles. The van der Waals surface area contributed by atoms with Crippen LogP contribution in [-0.4, -0.2) is 41.6 Å². The van der Waals surface area contributed by atoms with Gasteiger partial charge in [0.2, 0.25) is 0 Å². The second-order valence-corrected chi connectivity index (χ2v) is 11.7. The SMILES string of the molecule is CCOc1ncc([C@@H](C)N2CCc3ccc(S(=O)(=O)Cc4cc(C(C)(C)C)on4)cc3C2)cn1. The molecule has 2 aromatic heterocycles. The first kappa shape index (κ1) is 24.3. The maximum Gasteiger partial charge on any atom is 0.316 e. The lowest BCUT2D eigenvalue weighted by molar-refractivity contribution is 0.191. The summed E-state index contributed by atoms with van der Waals surface area (Å²) in [5.41, 5.74) is 3.41. The first-order valence-corrected chi connectivity index (χ1v) is 13.2. The van der Waals surface area contributed by atoms with Gasteiger partial charge in [-0.3, -0.25) is 4.90 Å². The molecule has 8 nitrogen and oxygen atoms in total. The Morgan fingerprint density at radius 3 is 2.53 bits per heavy atom. The van der Waals surface area contributed by atoms with Crippen molar-refractivity contribution in [2.45, 2.75) is 69.7 Å². The van der Waals surface area contributed by atoms with Gasteiger partial charge < -0.3 is 9.26 Å². The molecule has 0 bridgehead atoms. The van der Waals surface area contributed by atoms with Gasteiger partial charge in [-0.1, -0.05) is 32.0 Å². The Labute approximate surface area is 201 Å². The van der Waals surface area contributed by atoms with Crippen molar-refractivity contribution >= 4 is 9.84 Å². The van der Waals surface area contributed by atoms with E-state index in [0.717, 1.165) is 24.1 Å². The lowest BCUT2D eigenvalue weighted by Crippen LogP contribution is -2.33. The topological polar surface area (TPSA) is 98.4 Å². The van der Waals surface area contributed by atoms with Gasteiger partial charge in [0.15, 0.2) is 9.84 Å². The highest BCUT2D eigenvalue weighted by molar-refractivity contribution is 7.90. The molecule has 182 valence electrons. The zero-order chi connectivity index (χ0) is 24.5. The Balaban J connectivity index is 1.50. The fraction of sp³-hybridized carbons (Fsp3) is 0.480. The lowest BCUT2D eigenvalue weighted by atomic mass is 9.93. The van der Waals surface area contributed by atoms with Crippen LogP contribution >= 0.6 is 0 Å². The molecular weight excluding hydrogens is 452 g/mol. The number of benzene rings is 1. The van der Waals surface area contributed by atoms with Gasteiger partial charge in [-0.25, -0.2) is 18.4 Å². The maximum absolute atomic E-state index is 13.1. The minimum absolute atomic E-state index is 0.0926. The molecule has 0 N–H and O–H groups in total. The minimum atomic E-state index is -3.55. The minimum Gasteiger partial charge on any atom is -0.464 e. The van der Waals surface area contributed by atoms with Crippen LogP contribution in [0.25, 0.3) is 0 Å². The van der Waals surface area contributed by atoms with E-state index in [9.17, 15) is 8.42 Å². The maximum atomic E-state index is 13.1. The van der Waals surface area contributed by atoms with Crippen molar-refractivity contribution in [3.63, 3.8) is 0 Å². The zero-order valence-corrected chi connectivity index (χ0v) is 21.2. The van der Waals surface area contributed by atoms with E-state index >= 15 is 0 Å². The van der Waals surface area contributed by atoms with Gasteiger partial charge in [0.25, 0.3) is 0 Å². The molecule has 4 rings (SSSR count). The van der Waals surface area contributed by atoms with Crippen LogP contribution in [0.5, 0.6) is 6.01 Å². The van der Waals surface area contributed by atoms with Crippen LogP contribution in [0.2, 0.25) is 0 Å². The summed E-state index contributed by atoms with van der Waals surface area (Å²) in [7, 11) is -3.55. The van der Waals surface area contributed by atoms with Gasteiger partial charge in [0.05, 0.1) is 17.2 Å². The van der Waals surface area contributed by atoms with Gasteiger partial charge in [0, 0.05) is 48.6 Å². The van der Waals surface area contributed by atoms with Gasteiger partial charge in [-0.05, 0) is 43.5 Å². The molecule has 1 aliphatic rings. The third-order valence-electron chi connectivity index (χ3n) is 6.17. The molecule has 34 heavy (non-hydrogen) atoms. The van der Waals surface area contributed by atoms with Crippen LogP contribution in [0.4, 0.5) is 0 Å². The molecule has 0 amide bonds. The van der Waals surface area contributed by atoms with Gasteiger partial charge in [-0.15, -0.1) is 0 Å². The molecule has 1 atom stereocenters. The third kappa shape index (κ3) is 5.31. The van der Waals surface area contributed by atoms with Crippen molar-refractivity contribution in [1.29, 1.82) is 0 Å². The Hall–Kier alpha value is -2.78. The molecular formula is C25H32N4O4S. The quantitative estimate of drug-likeness (QED) is 0.491. The van der Waals surface area contributed by atoms with E-state index in [1.54, 1.807) is 24.5 Å². The average molecular weight is 485 g/mol. The summed E-state index contributed by atoms with van der Waals surface area (Å²) in [6.45, 7) is 12.1. The molecule has 0 saturated carbocycles. The molecule has 9 heteroatoms. The Bertz CT molecular complexity index is 1250. The van der Waals surface area contributed by atoms with E-state index in [-0.39, 0.29) is 17.2 Å². The highest BCUT2D eigenvalue weighted by Crippen LogP contribution is 2.30. The van der Waals surface area contributed by atoms with E-state index in [1.165, 1.54) is 5.56 Å². The summed E-state index contributed by atoms with van der Waals surface area (Å²) in [5.74, 6) is 0.487. The number of sulfone groups is 1. The second-order valence-electron chi connectivity index (χ2n) is 9.75. The van der Waals surface area contributed by atoms with Crippen molar-refractivity contribution in [3.05, 3.63) is 64.8 Å². The molecule has 0 radical (unpaired) electrons. The zero-order valence-electron chi connectivity index (χ0n) is 20.4. The van der Waals surface area contributed by atoms with E-state index in [1.807, 2.05) is 39.8 Å². The van der Waals surface area contributed by atoms with E-state index < -0.39 is 9.84 Å². The predicted molar refractivity (Wildman–Crippen MR) is 128 cm³/mol. The fourth-order valence-electron chi connectivity index (χ4n) is 4.05. The van der Waals surface area contributed by atoms with Gasteiger partial charge in [-0.2, -0.15) is 0 Å². The van der Waals surface area contributed by atoms with Crippen LogP contribution in [0.1, 0.15) is 68.8 Å². The van der Waals surface area contributed by atoms with Crippen LogP contribution in [0.15, 0.2) is 46.1 Å². The van der Waals surface area contributed by atoms with E-state index in [2.05, 4.69) is 26.9 Å². The molecule has 0 spiro atoms. The average Bonchev–Trinajstić information content (AvgIpc) is 3.27. The van der Waals surface area contributed by atoms with Crippen molar-refractivity contribution in [2.75, 3.05) is 13.2 Å². The highest BCUT2D eigenvalue weighted by atomic mass is 32.2.